The Kier molecular flexibility index (Phi) is 8.89. The molecular weight excluding hydrogens is 322 g/mol. The highest BCUT2D eigenvalue weighted by Crippen LogP contribution is 2.10. The van der Waals surface area contributed by atoms with Gasteiger partial charge in [0.05, 0.1) is 18.6 Å². The third kappa shape index (κ3) is 8.17. The zero-order chi connectivity index (χ0) is 18.2. The van der Waals surface area contributed by atoms with Crippen LogP contribution in [0.3, 0.4) is 0 Å². The van der Waals surface area contributed by atoms with E-state index in [0.29, 0.717) is 0 Å². The quantitative estimate of drug-likeness (QED) is 0.391. The first-order valence-electron chi connectivity index (χ1n) is 6.66. The number of aliphatic carboxylic acids is 1. The van der Waals surface area contributed by atoms with Crippen molar-refractivity contribution >= 4 is 34.7 Å². The van der Waals surface area contributed by atoms with E-state index in [0.717, 1.165) is 11.8 Å². The van der Waals surface area contributed by atoms with Crippen molar-refractivity contribution in [2.45, 2.75) is 25.9 Å². The number of quaternary nitrogens is 1. The number of amides is 2. The predicted molar refractivity (Wildman–Crippen MR) is 83.7 cm³/mol. The van der Waals surface area contributed by atoms with Crippen LogP contribution in [0.5, 0.6) is 0 Å². The van der Waals surface area contributed by atoms with Crippen molar-refractivity contribution in [1.82, 2.24) is 10.6 Å². The molecule has 0 aromatic carbocycles. The van der Waals surface area contributed by atoms with Gasteiger partial charge in [0.1, 0.15) is 0 Å². The fourth-order valence-electron chi connectivity index (χ4n) is 1.20. The van der Waals surface area contributed by atoms with Gasteiger partial charge in [0, 0.05) is 11.3 Å². The molecule has 9 heteroatoms. The van der Waals surface area contributed by atoms with Crippen LogP contribution in [0.1, 0.15) is 13.8 Å². The number of rotatable bonds is 9. The van der Waals surface area contributed by atoms with E-state index >= 15 is 0 Å². The molecule has 0 aromatic heterocycles. The van der Waals surface area contributed by atoms with Crippen LogP contribution < -0.4 is 21.5 Å². The molecule has 2 atom stereocenters. The third-order valence-corrected chi connectivity index (χ3v) is 3.71. The summed E-state index contributed by atoms with van der Waals surface area (Å²) < 4.78 is 0. The Balaban J connectivity index is 4.51. The van der Waals surface area contributed by atoms with E-state index in [4.69, 9.17) is 0 Å². The topological polar surface area (TPSA) is 143 Å². The number of carbonyl (C=O) groups excluding carboxylic acids is 4. The summed E-state index contributed by atoms with van der Waals surface area (Å²) in [6, 6.07) is -2.25. The molecule has 0 aliphatic heterocycles. The van der Waals surface area contributed by atoms with Crippen molar-refractivity contribution in [3.05, 3.63) is 24.3 Å². The van der Waals surface area contributed by atoms with Gasteiger partial charge in [-0.15, -0.1) is 0 Å². The number of carboxylic acid groups (broad SMARTS) is 1. The summed E-state index contributed by atoms with van der Waals surface area (Å²) in [6.45, 7) is 9.82. The number of carbonyl (C=O) groups is 4. The first kappa shape index (κ1) is 20.9. The molecule has 2 amide bonds. The smallest absolute Gasteiger partial charge is 0.280 e. The fraction of sp³-hybridized carbons (Fsp3) is 0.429. The lowest BCUT2D eigenvalue weighted by atomic mass is 10.2. The molecule has 5 N–H and O–H groups in total. The second kappa shape index (κ2) is 9.80. The maximum atomic E-state index is 11.9. The summed E-state index contributed by atoms with van der Waals surface area (Å²) in [5, 5.41) is 15.3. The van der Waals surface area contributed by atoms with Crippen LogP contribution in [-0.2, 0) is 19.2 Å². The van der Waals surface area contributed by atoms with E-state index < -0.39 is 29.9 Å². The van der Waals surface area contributed by atoms with Crippen molar-refractivity contribution < 1.29 is 30.0 Å². The van der Waals surface area contributed by atoms with Crippen LogP contribution in [0, 0.1) is 0 Å². The molecule has 0 radical (unpaired) electrons. The largest absolute Gasteiger partial charge is 0.548 e. The van der Waals surface area contributed by atoms with Crippen LogP contribution >= 0.6 is 11.8 Å². The highest BCUT2D eigenvalue weighted by Gasteiger charge is 2.23. The molecule has 0 aliphatic rings. The Morgan fingerprint density at radius 3 is 2.17 bits per heavy atom. The number of thioether (sulfide) groups is 1. The molecule has 0 bridgehead atoms. The molecule has 0 aliphatic carbocycles. The average Bonchev–Trinajstić information content (AvgIpc) is 2.47. The molecule has 0 spiro atoms. The summed E-state index contributed by atoms with van der Waals surface area (Å²) in [5.74, 6) is -2.81. The Morgan fingerprint density at radius 1 is 1.17 bits per heavy atom. The first-order chi connectivity index (χ1) is 10.6. The molecule has 0 rings (SSSR count). The molecule has 128 valence electrons. The highest BCUT2D eigenvalue weighted by atomic mass is 32.2. The molecule has 0 heterocycles. The monoisotopic (exact) mass is 343 g/mol. The minimum atomic E-state index is -1.52. The molecule has 0 saturated heterocycles. The van der Waals surface area contributed by atoms with Crippen molar-refractivity contribution in [1.29, 1.82) is 0 Å². The van der Waals surface area contributed by atoms with E-state index in [2.05, 4.69) is 29.5 Å². The maximum Gasteiger partial charge on any atom is 0.280 e. The van der Waals surface area contributed by atoms with Gasteiger partial charge < -0.3 is 26.3 Å². The van der Waals surface area contributed by atoms with E-state index in [-0.39, 0.29) is 28.6 Å². The normalized spacial score (nSPS) is 12.7. The Morgan fingerprint density at radius 2 is 1.74 bits per heavy atom. The van der Waals surface area contributed by atoms with E-state index in [1.54, 1.807) is 0 Å². The van der Waals surface area contributed by atoms with Gasteiger partial charge in [-0.05, 0) is 19.4 Å². The van der Waals surface area contributed by atoms with Crippen LogP contribution in [0.2, 0.25) is 0 Å². The third-order valence-electron chi connectivity index (χ3n) is 2.60. The summed E-state index contributed by atoms with van der Waals surface area (Å²) in [6.07, 6.45) is 0. The van der Waals surface area contributed by atoms with E-state index in [1.165, 1.54) is 13.8 Å². The van der Waals surface area contributed by atoms with Crippen molar-refractivity contribution in [3.63, 3.8) is 0 Å². The molecular formula is C14H21N3O5S. The lowest BCUT2D eigenvalue weighted by molar-refractivity contribution is -0.401. The molecule has 0 unspecified atom stereocenters. The zero-order valence-corrected chi connectivity index (χ0v) is 14.0. The summed E-state index contributed by atoms with van der Waals surface area (Å²) in [7, 11) is 0. The maximum absolute atomic E-state index is 11.9. The summed E-state index contributed by atoms with van der Waals surface area (Å²) in [4.78, 5) is 45.6. The second-order valence-electron chi connectivity index (χ2n) is 4.95. The molecule has 8 nitrogen and oxygen atoms in total. The molecule has 0 fully saturated rings. The van der Waals surface area contributed by atoms with Gasteiger partial charge in [-0.2, -0.15) is 0 Å². The first-order valence-corrected chi connectivity index (χ1v) is 7.65. The minimum Gasteiger partial charge on any atom is -0.548 e. The second-order valence-corrected chi connectivity index (χ2v) is 5.94. The summed E-state index contributed by atoms with van der Waals surface area (Å²) in [5.41, 5.74) is 4.10. The summed E-state index contributed by atoms with van der Waals surface area (Å²) >= 11 is 0.721. The number of hydrogen-bond acceptors (Lipinski definition) is 6. The van der Waals surface area contributed by atoms with Gasteiger partial charge in [0.2, 0.25) is 11.0 Å². The van der Waals surface area contributed by atoms with Crippen molar-refractivity contribution in [3.8, 4) is 0 Å². The van der Waals surface area contributed by atoms with Gasteiger partial charge in [0.25, 0.3) is 5.91 Å². The van der Waals surface area contributed by atoms with Gasteiger partial charge >= 0.3 is 0 Å². The van der Waals surface area contributed by atoms with Gasteiger partial charge in [-0.1, -0.05) is 24.9 Å². The minimum absolute atomic E-state index is 0.0743. The van der Waals surface area contributed by atoms with Crippen LogP contribution in [0.4, 0.5) is 0 Å². The van der Waals surface area contributed by atoms with Crippen molar-refractivity contribution in [2.75, 3.05) is 12.3 Å². The zero-order valence-electron chi connectivity index (χ0n) is 13.1. The number of nitrogens with one attached hydrogen (secondary N) is 2. The Hall–Kier alpha value is -2.13. The highest BCUT2D eigenvalue weighted by molar-refractivity contribution is 8.14. The van der Waals surface area contributed by atoms with Crippen molar-refractivity contribution in [2.24, 2.45) is 0 Å². The van der Waals surface area contributed by atoms with Crippen LogP contribution in [0.25, 0.3) is 0 Å². The Labute approximate surface area is 138 Å². The predicted octanol–water partition coefficient (Wildman–Crippen LogP) is -2.64. The Bertz CT molecular complexity index is 533. The SMILES string of the molecule is C=C(C)C(=O)NC[C@H]([NH3+])C(=O)N[C@@H](CSC(=O)C(=C)C)C(=O)[O-]. The molecule has 0 aromatic rings. The van der Waals surface area contributed by atoms with E-state index in [9.17, 15) is 24.3 Å². The average molecular weight is 343 g/mol. The molecule has 23 heavy (non-hydrogen) atoms. The lowest BCUT2D eigenvalue weighted by Crippen LogP contribution is -2.72. The van der Waals surface area contributed by atoms with Crippen LogP contribution in [-0.4, -0.2) is 47.3 Å². The van der Waals surface area contributed by atoms with Gasteiger partial charge in [0.15, 0.2) is 6.04 Å². The molecule has 0 saturated carbocycles. The van der Waals surface area contributed by atoms with Gasteiger partial charge in [-0.3, -0.25) is 14.4 Å². The number of hydrogen-bond donors (Lipinski definition) is 3. The standard InChI is InChI=1S/C14H21N3O5S/c1-7(2)11(18)16-5-9(15)12(19)17-10(13(20)21)6-23-14(22)8(3)4/h9-10H,1,3,5-6,15H2,2,4H3,(H,16,18)(H,17,19)(H,20,21)/t9-,10-/m0/s1. The van der Waals surface area contributed by atoms with Gasteiger partial charge in [-0.25, -0.2) is 0 Å². The lowest BCUT2D eigenvalue weighted by Gasteiger charge is -2.20. The van der Waals surface area contributed by atoms with E-state index in [1.807, 2.05) is 0 Å². The number of carboxylic acids is 1. The fourth-order valence-corrected chi connectivity index (χ4v) is 1.98. The van der Waals surface area contributed by atoms with Crippen LogP contribution in [0.15, 0.2) is 24.3 Å².